The fourth-order valence-electron chi connectivity index (χ4n) is 1.84. The van der Waals surface area contributed by atoms with Crippen molar-refractivity contribution in [2.24, 2.45) is 0 Å². The molecule has 0 unspecified atom stereocenters. The molecule has 0 atom stereocenters. The summed E-state index contributed by atoms with van der Waals surface area (Å²) in [6.07, 6.45) is 2.86. The molecule has 0 fully saturated rings. The molecule has 6 heteroatoms. The Hall–Kier alpha value is -1.13. The van der Waals surface area contributed by atoms with Crippen LogP contribution >= 0.6 is 23.2 Å². The molecule has 0 saturated heterocycles. The average molecular weight is 321 g/mol. The number of rotatable bonds is 7. The lowest BCUT2D eigenvalue weighted by molar-refractivity contribution is 0.0972. The molecule has 0 bridgehead atoms. The number of hydrogen-bond donors (Lipinski definition) is 2. The fourth-order valence-corrected chi connectivity index (χ4v) is 2.32. The first kappa shape index (κ1) is 16.9. The van der Waals surface area contributed by atoms with Crippen molar-refractivity contribution >= 4 is 29.0 Å². The van der Waals surface area contributed by atoms with E-state index in [-0.39, 0.29) is 40.2 Å². The van der Waals surface area contributed by atoms with E-state index in [1.165, 1.54) is 0 Å². The van der Waals surface area contributed by atoms with Gasteiger partial charge < -0.3 is 14.9 Å². The third kappa shape index (κ3) is 3.49. The van der Waals surface area contributed by atoms with E-state index in [9.17, 15) is 15.0 Å². The Kier molecular flexibility index (Phi) is 6.43. The summed E-state index contributed by atoms with van der Waals surface area (Å²) in [5.74, 6) is -1.30. The van der Waals surface area contributed by atoms with Crippen LogP contribution in [0.1, 0.15) is 49.9 Å². The van der Waals surface area contributed by atoms with Crippen molar-refractivity contribution in [2.45, 2.75) is 39.5 Å². The first-order valence-corrected chi connectivity index (χ1v) is 7.30. The summed E-state index contributed by atoms with van der Waals surface area (Å²) in [4.78, 5) is 12.2. The highest BCUT2D eigenvalue weighted by Crippen LogP contribution is 2.48. The predicted molar refractivity (Wildman–Crippen MR) is 79.4 cm³/mol. The molecule has 0 amide bonds. The van der Waals surface area contributed by atoms with Gasteiger partial charge in [-0.05, 0) is 13.3 Å². The Balaban J connectivity index is 3.25. The maximum Gasteiger partial charge on any atom is 0.170 e. The number of unbranched alkanes of at least 4 members (excludes halogenated alkanes) is 2. The van der Waals surface area contributed by atoms with E-state index in [0.717, 1.165) is 12.8 Å². The number of carbonyl (C=O) groups excluding carboxylic acids is 1. The maximum atomic E-state index is 12.2. The lowest BCUT2D eigenvalue weighted by atomic mass is 10.0. The van der Waals surface area contributed by atoms with Gasteiger partial charge in [-0.25, -0.2) is 0 Å². The molecule has 1 aromatic rings. The van der Waals surface area contributed by atoms with Crippen LogP contribution in [0.15, 0.2) is 0 Å². The maximum absolute atomic E-state index is 12.2. The molecule has 2 N–H and O–H groups in total. The minimum absolute atomic E-state index is 0.0185. The van der Waals surface area contributed by atoms with Gasteiger partial charge in [0.15, 0.2) is 23.0 Å². The van der Waals surface area contributed by atoms with Gasteiger partial charge in [0, 0.05) is 6.42 Å². The molecule has 0 aliphatic carbocycles. The van der Waals surface area contributed by atoms with Crippen LogP contribution in [-0.2, 0) is 0 Å². The van der Waals surface area contributed by atoms with E-state index < -0.39 is 11.5 Å². The zero-order valence-corrected chi connectivity index (χ0v) is 13.0. The van der Waals surface area contributed by atoms with E-state index in [1.807, 2.05) is 6.92 Å². The summed E-state index contributed by atoms with van der Waals surface area (Å²) >= 11 is 11.7. The molecule has 20 heavy (non-hydrogen) atoms. The van der Waals surface area contributed by atoms with Gasteiger partial charge in [-0.2, -0.15) is 0 Å². The second-order valence-corrected chi connectivity index (χ2v) is 5.10. The average Bonchev–Trinajstić information content (AvgIpc) is 2.43. The topological polar surface area (TPSA) is 66.8 Å². The standard InChI is InChI=1S/C14H18Cl2O4/c1-3-5-6-7-8(17)9-12(18)10(15)13(19)11(16)14(9)20-4-2/h18-19H,3-7H2,1-2H3. The summed E-state index contributed by atoms with van der Waals surface area (Å²) < 4.78 is 5.28. The molecule has 112 valence electrons. The van der Waals surface area contributed by atoms with Crippen LogP contribution < -0.4 is 4.74 Å². The van der Waals surface area contributed by atoms with Crippen molar-refractivity contribution < 1.29 is 19.7 Å². The number of ketones is 1. The normalized spacial score (nSPS) is 10.6. The van der Waals surface area contributed by atoms with Crippen LogP contribution in [0.3, 0.4) is 0 Å². The van der Waals surface area contributed by atoms with Gasteiger partial charge in [0.2, 0.25) is 0 Å². The van der Waals surface area contributed by atoms with Crippen LogP contribution in [0, 0.1) is 0 Å². The van der Waals surface area contributed by atoms with Gasteiger partial charge in [-0.3, -0.25) is 4.79 Å². The summed E-state index contributed by atoms with van der Waals surface area (Å²) in [6.45, 7) is 3.99. The summed E-state index contributed by atoms with van der Waals surface area (Å²) in [6, 6.07) is 0. The molecule has 0 saturated carbocycles. The van der Waals surface area contributed by atoms with Crippen molar-refractivity contribution in [3.63, 3.8) is 0 Å². The first-order chi connectivity index (χ1) is 9.45. The van der Waals surface area contributed by atoms with Crippen molar-refractivity contribution in [1.82, 2.24) is 0 Å². The van der Waals surface area contributed by atoms with Crippen molar-refractivity contribution in [2.75, 3.05) is 6.61 Å². The highest BCUT2D eigenvalue weighted by molar-refractivity contribution is 6.40. The lowest BCUT2D eigenvalue weighted by Crippen LogP contribution is -2.06. The predicted octanol–water partition coefficient (Wildman–Crippen LogP) is 4.57. The zero-order chi connectivity index (χ0) is 15.3. The number of hydrogen-bond acceptors (Lipinski definition) is 4. The van der Waals surface area contributed by atoms with E-state index in [2.05, 4.69) is 0 Å². The molecule has 1 rings (SSSR count). The minimum Gasteiger partial charge on any atom is -0.505 e. The van der Waals surface area contributed by atoms with E-state index in [0.29, 0.717) is 6.42 Å². The number of carbonyl (C=O) groups is 1. The number of phenolic OH excluding ortho intramolecular Hbond substituents is 2. The molecule has 0 aliphatic heterocycles. The Labute approximate surface area is 128 Å². The van der Waals surface area contributed by atoms with Crippen molar-refractivity contribution in [3.8, 4) is 17.2 Å². The smallest absolute Gasteiger partial charge is 0.170 e. The van der Waals surface area contributed by atoms with Gasteiger partial charge in [-0.1, -0.05) is 43.0 Å². The minimum atomic E-state index is -0.487. The molecule has 0 radical (unpaired) electrons. The number of phenols is 2. The van der Waals surface area contributed by atoms with Crippen LogP contribution in [-0.4, -0.2) is 22.6 Å². The lowest BCUT2D eigenvalue weighted by Gasteiger charge is -2.15. The second kappa shape index (κ2) is 7.60. The molecule has 1 aromatic carbocycles. The molecule has 0 aromatic heterocycles. The Morgan fingerprint density at radius 3 is 2.30 bits per heavy atom. The van der Waals surface area contributed by atoms with Crippen molar-refractivity contribution in [3.05, 3.63) is 15.6 Å². The van der Waals surface area contributed by atoms with Gasteiger partial charge in [0.25, 0.3) is 0 Å². The molecule has 0 spiro atoms. The van der Waals surface area contributed by atoms with Gasteiger partial charge in [0.1, 0.15) is 15.6 Å². The number of ether oxygens (including phenoxy) is 1. The second-order valence-electron chi connectivity index (χ2n) is 4.34. The molecular formula is C14H18Cl2O4. The third-order valence-corrected chi connectivity index (χ3v) is 3.57. The Morgan fingerprint density at radius 2 is 1.75 bits per heavy atom. The first-order valence-electron chi connectivity index (χ1n) is 6.54. The molecular weight excluding hydrogens is 303 g/mol. The molecule has 0 aliphatic rings. The van der Waals surface area contributed by atoms with Crippen molar-refractivity contribution in [1.29, 1.82) is 0 Å². The summed E-state index contributed by atoms with van der Waals surface area (Å²) in [7, 11) is 0. The summed E-state index contributed by atoms with van der Waals surface area (Å²) in [5, 5.41) is 19.2. The highest BCUT2D eigenvalue weighted by Gasteiger charge is 2.27. The van der Waals surface area contributed by atoms with E-state index >= 15 is 0 Å². The Morgan fingerprint density at radius 1 is 1.10 bits per heavy atom. The number of benzene rings is 1. The van der Waals surface area contributed by atoms with Gasteiger partial charge >= 0.3 is 0 Å². The molecule has 0 heterocycles. The van der Waals surface area contributed by atoms with Crippen LogP contribution in [0.5, 0.6) is 17.2 Å². The van der Waals surface area contributed by atoms with Gasteiger partial charge in [-0.15, -0.1) is 0 Å². The third-order valence-electron chi connectivity index (χ3n) is 2.86. The monoisotopic (exact) mass is 320 g/mol. The number of halogens is 2. The number of aromatic hydroxyl groups is 2. The highest BCUT2D eigenvalue weighted by atomic mass is 35.5. The van der Waals surface area contributed by atoms with E-state index in [4.69, 9.17) is 27.9 Å². The van der Waals surface area contributed by atoms with E-state index in [1.54, 1.807) is 6.92 Å². The Bertz CT molecular complexity index is 501. The molecule has 4 nitrogen and oxygen atoms in total. The fraction of sp³-hybridized carbons (Fsp3) is 0.500. The van der Waals surface area contributed by atoms with Crippen LogP contribution in [0.25, 0.3) is 0 Å². The quantitative estimate of drug-likeness (QED) is 0.570. The largest absolute Gasteiger partial charge is 0.505 e. The number of Topliss-reactive ketones (excluding diaryl/α,β-unsaturated/α-hetero) is 1. The SMILES string of the molecule is CCCCCC(=O)c1c(O)c(Cl)c(O)c(Cl)c1OCC. The van der Waals surface area contributed by atoms with Gasteiger partial charge in [0.05, 0.1) is 6.61 Å². The van der Waals surface area contributed by atoms with Crippen LogP contribution in [0.4, 0.5) is 0 Å². The zero-order valence-electron chi connectivity index (χ0n) is 11.5. The summed E-state index contributed by atoms with van der Waals surface area (Å²) in [5.41, 5.74) is -0.0595. The van der Waals surface area contributed by atoms with Crippen LogP contribution in [0.2, 0.25) is 10.0 Å².